The number of carbonyl (C=O) groups excluding carboxylic acids is 1. The molecule has 5 heteroatoms. The molecule has 0 rings (SSSR count). The number of nitrogens with one attached hydrogen (secondary N) is 1. The number of likely N-dealkylation sites (N-methyl/N-ethyl adjacent to an activating group) is 1. The Balaban J connectivity index is 3.84. The zero-order valence-electron chi connectivity index (χ0n) is 18.3. The molecule has 0 bridgehead atoms. The monoisotopic (exact) mass is 404 g/mol. The fraction of sp³-hybridized carbons (Fsp3) is 0.583. The molecule has 0 spiro atoms. The fourth-order valence-electron chi connectivity index (χ4n) is 2.77. The summed E-state index contributed by atoms with van der Waals surface area (Å²) in [6, 6.07) is 0.0390. The number of unbranched alkanes of at least 4 members (excludes halogenated alkanes) is 3. The average Bonchev–Trinajstić information content (AvgIpc) is 2.71. The second-order valence-electron chi connectivity index (χ2n) is 7.01. The predicted molar refractivity (Wildman–Crippen MR) is 122 cm³/mol. The van der Waals surface area contributed by atoms with E-state index >= 15 is 0 Å². The minimum absolute atomic E-state index is 0.0390. The predicted octanol–water partition coefficient (Wildman–Crippen LogP) is 5.51. The molecular weight excluding hydrogens is 364 g/mol. The Bertz CT molecular complexity index is 524. The summed E-state index contributed by atoms with van der Waals surface area (Å²) < 4.78 is 0. The summed E-state index contributed by atoms with van der Waals surface area (Å²) in [6.45, 7) is 2.46. The minimum Gasteiger partial charge on any atom is -0.465 e. The highest BCUT2D eigenvalue weighted by molar-refractivity contribution is 5.69. The summed E-state index contributed by atoms with van der Waals surface area (Å²) in [5, 5.41) is 12.2. The summed E-state index contributed by atoms with van der Waals surface area (Å²) in [5.41, 5.74) is 0. The van der Waals surface area contributed by atoms with Gasteiger partial charge >= 0.3 is 6.09 Å². The Kier molecular flexibility index (Phi) is 19.1. The lowest BCUT2D eigenvalue weighted by atomic mass is 10.1. The lowest BCUT2D eigenvalue weighted by Gasteiger charge is -2.23. The highest BCUT2D eigenvalue weighted by Gasteiger charge is 2.16. The number of allylic oxidation sites excluding steroid dienone is 8. The van der Waals surface area contributed by atoms with Crippen molar-refractivity contribution in [3.63, 3.8) is 0 Å². The van der Waals surface area contributed by atoms with Gasteiger partial charge in [-0.3, -0.25) is 4.90 Å². The summed E-state index contributed by atoms with van der Waals surface area (Å²) in [6.07, 6.45) is 26.7. The van der Waals surface area contributed by atoms with Crippen LogP contribution >= 0.6 is 0 Å². The molecule has 0 aliphatic carbocycles. The number of carbonyl (C=O) groups is 2. The van der Waals surface area contributed by atoms with Gasteiger partial charge in [-0.2, -0.15) is 0 Å². The molecule has 0 radical (unpaired) electrons. The first-order valence-corrected chi connectivity index (χ1v) is 10.8. The van der Waals surface area contributed by atoms with Gasteiger partial charge in [-0.15, -0.1) is 0 Å². The van der Waals surface area contributed by atoms with Crippen molar-refractivity contribution < 1.29 is 14.7 Å². The Hall–Kier alpha value is -2.14. The molecule has 164 valence electrons. The van der Waals surface area contributed by atoms with Crippen LogP contribution in [0.4, 0.5) is 4.79 Å². The minimum atomic E-state index is -1.06. The van der Waals surface area contributed by atoms with Crippen LogP contribution in [0.2, 0.25) is 0 Å². The summed E-state index contributed by atoms with van der Waals surface area (Å²) in [4.78, 5) is 22.8. The third kappa shape index (κ3) is 17.7. The fourth-order valence-corrected chi connectivity index (χ4v) is 2.77. The number of hydrogen-bond donors (Lipinski definition) is 2. The van der Waals surface area contributed by atoms with Crippen LogP contribution in [-0.2, 0) is 4.79 Å². The molecule has 1 unspecified atom stereocenters. The lowest BCUT2D eigenvalue weighted by molar-refractivity contribution is -0.108. The Labute approximate surface area is 177 Å². The van der Waals surface area contributed by atoms with E-state index < -0.39 is 6.09 Å². The van der Waals surface area contributed by atoms with Gasteiger partial charge in [-0.1, -0.05) is 68.4 Å². The van der Waals surface area contributed by atoms with Crippen molar-refractivity contribution in [3.8, 4) is 0 Å². The third-order valence-corrected chi connectivity index (χ3v) is 4.55. The van der Waals surface area contributed by atoms with Gasteiger partial charge in [0.2, 0.25) is 0 Å². The zero-order chi connectivity index (χ0) is 21.6. The molecular formula is C24H40N2O3. The summed E-state index contributed by atoms with van der Waals surface area (Å²) >= 11 is 0. The smallest absolute Gasteiger partial charge is 0.407 e. The Morgan fingerprint density at radius 3 is 1.97 bits per heavy atom. The standard InChI is InChI=1S/C24H40N2O3/c1-3-4-5-6-7-8-9-10-11-12-13-14-15-16-17-18-19-23(25-2)22-26(20-21-27)24(28)29/h7-8,10-11,13-14,16-17,21,23,25H,3-6,9,12,15,18-20,22H2,1-2H3,(H,28,29). The molecule has 0 aromatic carbocycles. The van der Waals surface area contributed by atoms with E-state index in [4.69, 9.17) is 5.11 Å². The molecule has 0 aliphatic rings. The maximum Gasteiger partial charge on any atom is 0.407 e. The first-order chi connectivity index (χ1) is 14.2. The molecule has 2 N–H and O–H groups in total. The van der Waals surface area contributed by atoms with Gasteiger partial charge in [0, 0.05) is 12.6 Å². The Morgan fingerprint density at radius 2 is 1.48 bits per heavy atom. The van der Waals surface area contributed by atoms with Gasteiger partial charge in [0.25, 0.3) is 0 Å². The van der Waals surface area contributed by atoms with E-state index in [-0.39, 0.29) is 12.6 Å². The number of aldehydes is 1. The second-order valence-corrected chi connectivity index (χ2v) is 7.01. The van der Waals surface area contributed by atoms with Gasteiger partial charge in [0.1, 0.15) is 6.29 Å². The number of carboxylic acid groups (broad SMARTS) is 1. The van der Waals surface area contributed by atoms with Crippen molar-refractivity contribution in [2.24, 2.45) is 0 Å². The van der Waals surface area contributed by atoms with Crippen LogP contribution in [0.3, 0.4) is 0 Å². The number of hydrogen-bond acceptors (Lipinski definition) is 3. The first kappa shape index (κ1) is 26.9. The largest absolute Gasteiger partial charge is 0.465 e. The van der Waals surface area contributed by atoms with E-state index in [1.54, 1.807) is 0 Å². The molecule has 0 heterocycles. The molecule has 1 atom stereocenters. The third-order valence-electron chi connectivity index (χ3n) is 4.55. The second kappa shape index (κ2) is 20.6. The van der Waals surface area contributed by atoms with Gasteiger partial charge in [-0.05, 0) is 52.0 Å². The van der Waals surface area contributed by atoms with Crippen LogP contribution in [0, 0.1) is 0 Å². The first-order valence-electron chi connectivity index (χ1n) is 10.8. The maximum atomic E-state index is 11.1. The molecule has 0 aromatic rings. The molecule has 0 aliphatic heterocycles. The molecule has 1 amide bonds. The molecule has 0 aromatic heterocycles. The van der Waals surface area contributed by atoms with Crippen LogP contribution in [0.25, 0.3) is 0 Å². The van der Waals surface area contributed by atoms with Crippen molar-refractivity contribution in [2.75, 3.05) is 20.1 Å². The summed E-state index contributed by atoms with van der Waals surface area (Å²) in [5.74, 6) is 0. The average molecular weight is 405 g/mol. The van der Waals surface area contributed by atoms with Crippen LogP contribution in [-0.4, -0.2) is 48.6 Å². The van der Waals surface area contributed by atoms with E-state index in [1.807, 2.05) is 7.05 Å². The van der Waals surface area contributed by atoms with Crippen molar-refractivity contribution in [2.45, 2.75) is 70.8 Å². The highest BCUT2D eigenvalue weighted by Crippen LogP contribution is 2.03. The Morgan fingerprint density at radius 1 is 0.931 bits per heavy atom. The lowest BCUT2D eigenvalue weighted by Crippen LogP contribution is -2.42. The van der Waals surface area contributed by atoms with E-state index in [0.29, 0.717) is 12.8 Å². The number of amides is 1. The molecule has 29 heavy (non-hydrogen) atoms. The van der Waals surface area contributed by atoms with E-state index in [0.717, 1.165) is 37.0 Å². The SMILES string of the molecule is CCCCCC=CCC=CCC=CCC=CCCC(CN(CC=O)C(=O)O)NC. The van der Waals surface area contributed by atoms with Crippen molar-refractivity contribution >= 4 is 12.4 Å². The topological polar surface area (TPSA) is 69.6 Å². The van der Waals surface area contributed by atoms with Crippen molar-refractivity contribution in [1.29, 1.82) is 0 Å². The van der Waals surface area contributed by atoms with Gasteiger partial charge in [0.05, 0.1) is 6.54 Å². The van der Waals surface area contributed by atoms with E-state index in [1.165, 1.54) is 25.7 Å². The van der Waals surface area contributed by atoms with Crippen molar-refractivity contribution in [1.82, 2.24) is 10.2 Å². The van der Waals surface area contributed by atoms with Gasteiger partial charge in [0.15, 0.2) is 0 Å². The van der Waals surface area contributed by atoms with Gasteiger partial charge < -0.3 is 15.2 Å². The molecule has 0 fully saturated rings. The van der Waals surface area contributed by atoms with Crippen LogP contribution in [0.15, 0.2) is 48.6 Å². The molecule has 5 nitrogen and oxygen atoms in total. The summed E-state index contributed by atoms with van der Waals surface area (Å²) in [7, 11) is 1.81. The number of nitrogens with zero attached hydrogens (tertiary/aromatic N) is 1. The number of rotatable bonds is 18. The molecule has 0 saturated heterocycles. The quantitative estimate of drug-likeness (QED) is 0.180. The van der Waals surface area contributed by atoms with Crippen LogP contribution in [0.1, 0.15) is 64.7 Å². The van der Waals surface area contributed by atoms with E-state index in [9.17, 15) is 9.59 Å². The molecule has 0 saturated carbocycles. The van der Waals surface area contributed by atoms with Gasteiger partial charge in [-0.25, -0.2) is 4.79 Å². The van der Waals surface area contributed by atoms with Crippen LogP contribution in [0.5, 0.6) is 0 Å². The zero-order valence-corrected chi connectivity index (χ0v) is 18.3. The van der Waals surface area contributed by atoms with Crippen molar-refractivity contribution in [3.05, 3.63) is 48.6 Å². The maximum absolute atomic E-state index is 11.1. The van der Waals surface area contributed by atoms with E-state index in [2.05, 4.69) is 60.8 Å². The normalized spacial score (nSPS) is 13.2. The van der Waals surface area contributed by atoms with Crippen LogP contribution < -0.4 is 5.32 Å². The highest BCUT2D eigenvalue weighted by atomic mass is 16.4.